The molecule has 34 heavy (non-hydrogen) atoms. The number of aromatic nitrogens is 5. The number of pyridine rings is 1. The van der Waals surface area contributed by atoms with E-state index in [2.05, 4.69) is 82.2 Å². The van der Waals surface area contributed by atoms with Crippen molar-refractivity contribution < 1.29 is 0 Å². The maximum Gasteiger partial charge on any atom is 0.163 e. The fraction of sp³-hybridized carbons (Fsp3) is 0.0714. The van der Waals surface area contributed by atoms with E-state index in [-0.39, 0.29) is 5.92 Å². The Balaban J connectivity index is 1.40. The average molecular weight is 443 g/mol. The van der Waals surface area contributed by atoms with Crippen LogP contribution in [0.4, 0.5) is 5.82 Å². The summed E-state index contributed by atoms with van der Waals surface area (Å²) < 4.78 is 1.88. The van der Waals surface area contributed by atoms with Crippen LogP contribution in [0.1, 0.15) is 17.0 Å². The summed E-state index contributed by atoms with van der Waals surface area (Å²) in [6.07, 6.45) is 3.64. The molecule has 3 aromatic heterocycles. The maximum atomic E-state index is 4.95. The lowest BCUT2D eigenvalue weighted by Gasteiger charge is -2.20. The van der Waals surface area contributed by atoms with Gasteiger partial charge in [-0.2, -0.15) is 0 Å². The fourth-order valence-corrected chi connectivity index (χ4v) is 4.30. The fourth-order valence-electron chi connectivity index (χ4n) is 4.30. The van der Waals surface area contributed by atoms with Crippen molar-refractivity contribution in [3.63, 3.8) is 0 Å². The van der Waals surface area contributed by atoms with Crippen molar-refractivity contribution in [3.8, 4) is 11.4 Å². The van der Waals surface area contributed by atoms with Crippen molar-refractivity contribution >= 4 is 22.4 Å². The molecule has 0 unspecified atom stereocenters. The largest absolute Gasteiger partial charge is 0.368 e. The third kappa shape index (κ3) is 3.86. The molecule has 1 N–H and O–H groups in total. The number of anilines is 1. The molecule has 164 valence electrons. The van der Waals surface area contributed by atoms with Gasteiger partial charge in [0.25, 0.3) is 0 Å². The number of nitrogens with one attached hydrogen (secondary N) is 1. The Labute approximate surface area is 197 Å². The standard InChI is InChI=1S/C28H22N6/c1-3-9-20(10-4-1)24(21-11-5-2-6-12-21)17-29-28-23-13-7-8-14-25(23)31-27(32-28)22-15-16-26-33-30-19-34(26)18-22/h1-16,18-19,24H,17H2,(H,29,31,32). The second-order valence-corrected chi connectivity index (χ2v) is 8.18. The minimum atomic E-state index is 0.188. The lowest BCUT2D eigenvalue weighted by Crippen LogP contribution is -2.15. The van der Waals surface area contributed by atoms with Crippen LogP contribution in [0.3, 0.4) is 0 Å². The molecule has 3 aromatic carbocycles. The predicted octanol–water partition coefficient (Wildman–Crippen LogP) is 5.58. The Morgan fingerprint density at radius 2 is 1.44 bits per heavy atom. The molecule has 0 aliphatic rings. The number of hydrogen-bond acceptors (Lipinski definition) is 5. The van der Waals surface area contributed by atoms with Gasteiger partial charge in [0.1, 0.15) is 12.1 Å². The highest BCUT2D eigenvalue weighted by atomic mass is 15.2. The Hall–Kier alpha value is -4.58. The number of fused-ring (bicyclic) bond motifs is 2. The SMILES string of the molecule is c1ccc(C(CNc2nc(-c3ccc4nncn4c3)nc3ccccc23)c2ccccc2)cc1. The van der Waals surface area contributed by atoms with Crippen LogP contribution >= 0.6 is 0 Å². The summed E-state index contributed by atoms with van der Waals surface area (Å²) in [5.41, 5.74) is 5.12. The zero-order chi connectivity index (χ0) is 22.7. The van der Waals surface area contributed by atoms with Gasteiger partial charge in [-0.3, -0.25) is 4.40 Å². The van der Waals surface area contributed by atoms with Crippen molar-refractivity contribution in [1.82, 2.24) is 24.6 Å². The minimum absolute atomic E-state index is 0.188. The van der Waals surface area contributed by atoms with Gasteiger partial charge >= 0.3 is 0 Å². The van der Waals surface area contributed by atoms with E-state index >= 15 is 0 Å². The second-order valence-electron chi connectivity index (χ2n) is 8.18. The van der Waals surface area contributed by atoms with Gasteiger partial charge < -0.3 is 5.32 Å². The summed E-state index contributed by atoms with van der Waals surface area (Å²) in [5, 5.41) is 12.7. The van der Waals surface area contributed by atoms with Gasteiger partial charge in [-0.15, -0.1) is 10.2 Å². The normalized spacial score (nSPS) is 11.3. The molecule has 6 rings (SSSR count). The van der Waals surface area contributed by atoms with Crippen molar-refractivity contribution in [3.05, 3.63) is 121 Å². The molecule has 0 fully saturated rings. The number of para-hydroxylation sites is 1. The van der Waals surface area contributed by atoms with Crippen LogP contribution in [0.2, 0.25) is 0 Å². The molecule has 0 aliphatic carbocycles. The highest BCUT2D eigenvalue weighted by Gasteiger charge is 2.16. The highest BCUT2D eigenvalue weighted by molar-refractivity contribution is 5.90. The highest BCUT2D eigenvalue weighted by Crippen LogP contribution is 2.28. The topological polar surface area (TPSA) is 68.0 Å². The van der Waals surface area contributed by atoms with Gasteiger partial charge in [-0.05, 0) is 35.4 Å². The Kier molecular flexibility index (Phi) is 5.16. The summed E-state index contributed by atoms with van der Waals surface area (Å²) in [7, 11) is 0. The predicted molar refractivity (Wildman–Crippen MR) is 135 cm³/mol. The Bertz CT molecular complexity index is 1520. The van der Waals surface area contributed by atoms with Crippen LogP contribution in [-0.4, -0.2) is 31.1 Å². The van der Waals surface area contributed by atoms with Gasteiger partial charge in [-0.1, -0.05) is 72.8 Å². The zero-order valence-electron chi connectivity index (χ0n) is 18.4. The summed E-state index contributed by atoms with van der Waals surface area (Å²) in [6.45, 7) is 0.707. The Morgan fingerprint density at radius 3 is 2.21 bits per heavy atom. The third-order valence-electron chi connectivity index (χ3n) is 6.03. The summed E-state index contributed by atoms with van der Waals surface area (Å²) in [6, 6.07) is 33.2. The van der Waals surface area contributed by atoms with Crippen LogP contribution in [-0.2, 0) is 0 Å². The molecule has 6 nitrogen and oxygen atoms in total. The van der Waals surface area contributed by atoms with Gasteiger partial charge in [0.05, 0.1) is 5.52 Å². The van der Waals surface area contributed by atoms with E-state index in [1.54, 1.807) is 6.33 Å². The maximum absolute atomic E-state index is 4.95. The van der Waals surface area contributed by atoms with Crippen molar-refractivity contribution in [2.75, 3.05) is 11.9 Å². The van der Waals surface area contributed by atoms with E-state index in [9.17, 15) is 0 Å². The molecule has 6 aromatic rings. The lowest BCUT2D eigenvalue weighted by molar-refractivity contribution is 0.849. The van der Waals surface area contributed by atoms with Gasteiger partial charge in [0.2, 0.25) is 0 Å². The quantitative estimate of drug-likeness (QED) is 0.365. The minimum Gasteiger partial charge on any atom is -0.368 e. The third-order valence-corrected chi connectivity index (χ3v) is 6.03. The van der Waals surface area contributed by atoms with E-state index < -0.39 is 0 Å². The van der Waals surface area contributed by atoms with E-state index in [1.807, 2.05) is 40.9 Å². The van der Waals surface area contributed by atoms with E-state index in [0.717, 1.165) is 27.9 Å². The van der Waals surface area contributed by atoms with E-state index in [0.29, 0.717) is 12.4 Å². The first-order valence-electron chi connectivity index (χ1n) is 11.3. The molecule has 0 spiro atoms. The molecule has 0 bridgehead atoms. The first-order valence-corrected chi connectivity index (χ1v) is 11.3. The number of hydrogen-bond donors (Lipinski definition) is 1. The smallest absolute Gasteiger partial charge is 0.163 e. The van der Waals surface area contributed by atoms with Gasteiger partial charge in [-0.25, -0.2) is 9.97 Å². The summed E-state index contributed by atoms with van der Waals surface area (Å²) >= 11 is 0. The lowest BCUT2D eigenvalue weighted by atomic mass is 9.91. The first-order chi connectivity index (χ1) is 16.8. The van der Waals surface area contributed by atoms with Gasteiger partial charge in [0.15, 0.2) is 11.5 Å². The molecule has 0 radical (unpaired) electrons. The Morgan fingerprint density at radius 1 is 0.735 bits per heavy atom. The van der Waals surface area contributed by atoms with E-state index in [1.165, 1.54) is 11.1 Å². The summed E-state index contributed by atoms with van der Waals surface area (Å²) in [5.74, 6) is 1.67. The number of benzene rings is 3. The second kappa shape index (κ2) is 8.75. The van der Waals surface area contributed by atoms with Gasteiger partial charge in [0, 0.05) is 29.6 Å². The number of rotatable bonds is 6. The zero-order valence-corrected chi connectivity index (χ0v) is 18.4. The number of nitrogens with zero attached hydrogens (tertiary/aromatic N) is 5. The van der Waals surface area contributed by atoms with Crippen LogP contribution in [0.15, 0.2) is 110 Å². The van der Waals surface area contributed by atoms with Crippen molar-refractivity contribution in [2.24, 2.45) is 0 Å². The molecule has 0 saturated heterocycles. The molecule has 0 atom stereocenters. The van der Waals surface area contributed by atoms with Crippen LogP contribution in [0.5, 0.6) is 0 Å². The van der Waals surface area contributed by atoms with Crippen molar-refractivity contribution in [2.45, 2.75) is 5.92 Å². The molecule has 6 heteroatoms. The molecular weight excluding hydrogens is 420 g/mol. The van der Waals surface area contributed by atoms with Crippen LogP contribution in [0.25, 0.3) is 27.9 Å². The molecule has 0 amide bonds. The average Bonchev–Trinajstić information content (AvgIpc) is 3.38. The van der Waals surface area contributed by atoms with Crippen molar-refractivity contribution in [1.29, 1.82) is 0 Å². The van der Waals surface area contributed by atoms with E-state index in [4.69, 9.17) is 9.97 Å². The monoisotopic (exact) mass is 442 g/mol. The first kappa shape index (κ1) is 20.1. The molecule has 0 saturated carbocycles. The van der Waals surface area contributed by atoms with Crippen LogP contribution < -0.4 is 5.32 Å². The summed E-state index contributed by atoms with van der Waals surface area (Å²) in [4.78, 5) is 9.78. The molecule has 0 aliphatic heterocycles. The van der Waals surface area contributed by atoms with Crippen LogP contribution in [0, 0.1) is 0 Å². The molecular formula is C28H22N6. The molecule has 3 heterocycles.